The van der Waals surface area contributed by atoms with Gasteiger partial charge >= 0.3 is 5.97 Å². The normalized spacial score (nSPS) is 19.9. The van der Waals surface area contributed by atoms with E-state index in [-0.39, 0.29) is 11.7 Å². The van der Waals surface area contributed by atoms with Crippen molar-refractivity contribution in [1.82, 2.24) is 5.32 Å². The zero-order chi connectivity index (χ0) is 24.4. The number of benzene rings is 2. The molecule has 2 aromatic rings. The molecule has 0 fully saturated rings. The van der Waals surface area contributed by atoms with E-state index in [1.165, 1.54) is 7.11 Å². The standard InChI is InChI=1S/C27H29NO6/c1-15-24(27(30)34-5)25(20-11-10-19(32-3)14-23(20)33-4)26-21(28-15)12-17(13-22(26)29)16-6-8-18(31-2)9-7-16/h6-11,14,17,25,28H,12-13H2,1-5H3/t17-,25-/m1/s1. The Labute approximate surface area is 199 Å². The molecule has 0 unspecified atom stereocenters. The summed E-state index contributed by atoms with van der Waals surface area (Å²) in [6, 6.07) is 13.2. The summed E-state index contributed by atoms with van der Waals surface area (Å²) in [6.45, 7) is 1.83. The van der Waals surface area contributed by atoms with Crippen molar-refractivity contribution < 1.29 is 28.5 Å². The number of nitrogens with one attached hydrogen (secondary N) is 1. The van der Waals surface area contributed by atoms with Gasteiger partial charge in [0.05, 0.1) is 39.9 Å². The quantitative estimate of drug-likeness (QED) is 0.642. The lowest BCUT2D eigenvalue weighted by Crippen LogP contribution is -2.36. The van der Waals surface area contributed by atoms with Gasteiger partial charge in [-0.15, -0.1) is 0 Å². The Morgan fingerprint density at radius 2 is 1.59 bits per heavy atom. The van der Waals surface area contributed by atoms with Crippen LogP contribution in [0, 0.1) is 0 Å². The van der Waals surface area contributed by atoms with Crippen LogP contribution in [-0.2, 0) is 14.3 Å². The molecule has 0 saturated heterocycles. The van der Waals surface area contributed by atoms with Crippen LogP contribution in [0.5, 0.6) is 17.2 Å². The molecule has 2 atom stereocenters. The van der Waals surface area contributed by atoms with E-state index in [1.54, 1.807) is 33.5 Å². The zero-order valence-electron chi connectivity index (χ0n) is 20.1. The maximum atomic E-state index is 13.6. The fourth-order valence-electron chi connectivity index (χ4n) is 4.90. The van der Waals surface area contributed by atoms with Crippen LogP contribution < -0.4 is 19.5 Å². The molecule has 0 bridgehead atoms. The van der Waals surface area contributed by atoms with Crippen molar-refractivity contribution in [2.75, 3.05) is 28.4 Å². The molecule has 2 aliphatic rings. The number of rotatable bonds is 6. The molecule has 0 saturated carbocycles. The highest BCUT2D eigenvalue weighted by Crippen LogP contribution is 2.48. The van der Waals surface area contributed by atoms with Gasteiger partial charge in [-0.05, 0) is 43.0 Å². The van der Waals surface area contributed by atoms with E-state index in [2.05, 4.69) is 5.32 Å². The summed E-state index contributed by atoms with van der Waals surface area (Å²) in [7, 11) is 6.11. The van der Waals surface area contributed by atoms with Crippen LogP contribution in [0.15, 0.2) is 65.0 Å². The van der Waals surface area contributed by atoms with Gasteiger partial charge in [0.15, 0.2) is 5.78 Å². The molecule has 1 aliphatic carbocycles. The second-order valence-corrected chi connectivity index (χ2v) is 8.39. The highest BCUT2D eigenvalue weighted by atomic mass is 16.5. The summed E-state index contributed by atoms with van der Waals surface area (Å²) in [4.78, 5) is 26.5. The number of ketones is 1. The van der Waals surface area contributed by atoms with Crippen LogP contribution in [0.1, 0.15) is 42.7 Å². The van der Waals surface area contributed by atoms with E-state index in [0.29, 0.717) is 46.7 Å². The number of ether oxygens (including phenoxy) is 4. The van der Waals surface area contributed by atoms with E-state index >= 15 is 0 Å². The van der Waals surface area contributed by atoms with Crippen molar-refractivity contribution in [3.8, 4) is 17.2 Å². The predicted octanol–water partition coefficient (Wildman–Crippen LogP) is 4.25. The van der Waals surface area contributed by atoms with Crippen molar-refractivity contribution in [1.29, 1.82) is 0 Å². The molecule has 7 nitrogen and oxygen atoms in total. The number of carbonyl (C=O) groups is 2. The fraction of sp³-hybridized carbons (Fsp3) is 0.333. The van der Waals surface area contributed by atoms with E-state index in [1.807, 2.05) is 37.3 Å². The van der Waals surface area contributed by atoms with E-state index < -0.39 is 11.9 Å². The Kier molecular flexibility index (Phi) is 6.63. The van der Waals surface area contributed by atoms with Crippen molar-refractivity contribution in [2.45, 2.75) is 31.6 Å². The third kappa shape index (κ3) is 4.14. The Hall–Kier alpha value is -3.74. The summed E-state index contributed by atoms with van der Waals surface area (Å²) < 4.78 is 21.4. The SMILES string of the molecule is COC(=O)C1=C(C)NC2=C(C(=O)C[C@H](c3ccc(OC)cc3)C2)[C@@H]1c1ccc(OC)cc1OC. The van der Waals surface area contributed by atoms with E-state index in [4.69, 9.17) is 18.9 Å². The average molecular weight is 464 g/mol. The molecule has 0 amide bonds. The predicted molar refractivity (Wildman–Crippen MR) is 127 cm³/mol. The van der Waals surface area contributed by atoms with Crippen LogP contribution in [0.3, 0.4) is 0 Å². The van der Waals surface area contributed by atoms with Gasteiger partial charge in [0.25, 0.3) is 0 Å². The van der Waals surface area contributed by atoms with Gasteiger partial charge < -0.3 is 24.3 Å². The number of Topliss-reactive ketones (excluding diaryl/α,β-unsaturated/α-hetero) is 1. The van der Waals surface area contributed by atoms with Gasteiger partial charge in [-0.3, -0.25) is 4.79 Å². The molecule has 178 valence electrons. The molecule has 34 heavy (non-hydrogen) atoms. The highest BCUT2D eigenvalue weighted by Gasteiger charge is 2.42. The number of hydrogen-bond acceptors (Lipinski definition) is 7. The number of esters is 1. The van der Waals surface area contributed by atoms with Crippen molar-refractivity contribution >= 4 is 11.8 Å². The summed E-state index contributed by atoms with van der Waals surface area (Å²) in [6.07, 6.45) is 0.990. The summed E-state index contributed by atoms with van der Waals surface area (Å²) in [5.41, 5.74) is 4.26. The largest absolute Gasteiger partial charge is 0.497 e. The molecule has 0 spiro atoms. The first-order chi connectivity index (χ1) is 16.4. The topological polar surface area (TPSA) is 83.1 Å². The van der Waals surface area contributed by atoms with Gasteiger partial charge in [0.2, 0.25) is 0 Å². The maximum Gasteiger partial charge on any atom is 0.336 e. The van der Waals surface area contributed by atoms with Crippen LogP contribution >= 0.6 is 0 Å². The molecule has 0 aromatic heterocycles. The molecule has 1 N–H and O–H groups in total. The number of allylic oxidation sites excluding steroid dienone is 3. The molecule has 1 heterocycles. The first kappa shape index (κ1) is 23.4. The zero-order valence-corrected chi connectivity index (χ0v) is 20.1. The molecule has 4 rings (SSSR count). The van der Waals surface area contributed by atoms with E-state index in [9.17, 15) is 9.59 Å². The molecule has 0 radical (unpaired) electrons. The molecular weight excluding hydrogens is 434 g/mol. The summed E-state index contributed by atoms with van der Waals surface area (Å²) in [5, 5.41) is 3.34. The minimum absolute atomic E-state index is 0.00802. The molecule has 1 aliphatic heterocycles. The minimum atomic E-state index is -0.603. The van der Waals surface area contributed by atoms with Crippen molar-refractivity contribution in [3.05, 3.63) is 76.1 Å². The average Bonchev–Trinajstić information content (AvgIpc) is 2.86. The van der Waals surface area contributed by atoms with Gasteiger partial charge in [0, 0.05) is 35.0 Å². The van der Waals surface area contributed by atoms with Crippen molar-refractivity contribution in [3.63, 3.8) is 0 Å². The van der Waals surface area contributed by atoms with Crippen LogP contribution in [0.25, 0.3) is 0 Å². The fourth-order valence-corrected chi connectivity index (χ4v) is 4.90. The van der Waals surface area contributed by atoms with Crippen LogP contribution in [0.4, 0.5) is 0 Å². The lowest BCUT2D eigenvalue weighted by Gasteiger charge is -2.37. The van der Waals surface area contributed by atoms with Crippen molar-refractivity contribution in [2.24, 2.45) is 0 Å². The molecule has 2 aromatic carbocycles. The number of dihydropyridines is 1. The maximum absolute atomic E-state index is 13.6. The van der Waals surface area contributed by atoms with E-state index in [0.717, 1.165) is 17.0 Å². The number of carbonyl (C=O) groups excluding carboxylic acids is 2. The second-order valence-electron chi connectivity index (χ2n) is 8.39. The van der Waals surface area contributed by atoms with Gasteiger partial charge in [0.1, 0.15) is 17.2 Å². The lowest BCUT2D eigenvalue weighted by molar-refractivity contribution is -0.136. The third-order valence-electron chi connectivity index (χ3n) is 6.57. The van der Waals surface area contributed by atoms with Gasteiger partial charge in [-0.1, -0.05) is 18.2 Å². The van der Waals surface area contributed by atoms with Crippen LogP contribution in [0.2, 0.25) is 0 Å². The van der Waals surface area contributed by atoms with Crippen LogP contribution in [-0.4, -0.2) is 40.2 Å². The first-order valence-corrected chi connectivity index (χ1v) is 11.1. The molecule has 7 heteroatoms. The Morgan fingerprint density at radius 1 is 0.912 bits per heavy atom. The first-order valence-electron chi connectivity index (χ1n) is 11.1. The second kappa shape index (κ2) is 9.63. The third-order valence-corrected chi connectivity index (χ3v) is 6.57. The smallest absolute Gasteiger partial charge is 0.336 e. The Morgan fingerprint density at radius 3 is 2.21 bits per heavy atom. The monoisotopic (exact) mass is 463 g/mol. The number of methoxy groups -OCH3 is 4. The summed E-state index contributed by atoms with van der Waals surface area (Å²) >= 11 is 0. The highest BCUT2D eigenvalue weighted by molar-refractivity contribution is 6.04. The van der Waals surface area contributed by atoms with Gasteiger partial charge in [-0.2, -0.15) is 0 Å². The van der Waals surface area contributed by atoms with Gasteiger partial charge in [-0.25, -0.2) is 4.79 Å². The Bertz CT molecular complexity index is 1180. The minimum Gasteiger partial charge on any atom is -0.497 e. The Balaban J connectivity index is 1.82. The molecular formula is C27H29NO6. The summed E-state index contributed by atoms with van der Waals surface area (Å²) in [5.74, 6) is 0.867. The number of hydrogen-bond donors (Lipinski definition) is 1. The lowest BCUT2D eigenvalue weighted by atomic mass is 9.71.